The summed E-state index contributed by atoms with van der Waals surface area (Å²) < 4.78 is 3.20. The number of nitro benzene ring substituents is 1. The molecule has 1 aromatic heterocycles. The maximum atomic E-state index is 12.9. The lowest BCUT2D eigenvalue weighted by atomic mass is 9.95. The lowest BCUT2D eigenvalue weighted by molar-refractivity contribution is -0.385. The number of hydrogen-bond acceptors (Lipinski definition) is 5. The molecule has 2 heterocycles. The van der Waals surface area contributed by atoms with E-state index in [4.69, 9.17) is 0 Å². The number of piperidine rings is 1. The van der Waals surface area contributed by atoms with Gasteiger partial charge in [-0.05, 0) is 31.4 Å². The van der Waals surface area contributed by atoms with Gasteiger partial charge in [-0.1, -0.05) is 42.5 Å². The second-order valence-corrected chi connectivity index (χ2v) is 7.87. The van der Waals surface area contributed by atoms with E-state index in [0.717, 1.165) is 11.4 Å². The summed E-state index contributed by atoms with van der Waals surface area (Å²) in [5.74, 6) is 0.457. The van der Waals surface area contributed by atoms with Crippen LogP contribution in [-0.4, -0.2) is 43.2 Å². The maximum absolute atomic E-state index is 12.9. The van der Waals surface area contributed by atoms with E-state index in [9.17, 15) is 19.7 Å². The molecule has 1 saturated heterocycles. The quantitative estimate of drug-likeness (QED) is 0.437. The van der Waals surface area contributed by atoms with E-state index < -0.39 is 4.92 Å². The molecule has 1 amide bonds. The predicted molar refractivity (Wildman–Crippen MR) is 119 cm³/mol. The van der Waals surface area contributed by atoms with Gasteiger partial charge in [-0.25, -0.2) is 9.48 Å². The highest BCUT2D eigenvalue weighted by Gasteiger charge is 2.31. The van der Waals surface area contributed by atoms with Gasteiger partial charge in [0.2, 0.25) is 0 Å². The molecule has 3 aromatic rings. The number of rotatable bonds is 6. The lowest BCUT2D eigenvalue weighted by Gasteiger charge is -2.31. The Morgan fingerprint density at radius 1 is 1.09 bits per heavy atom. The van der Waals surface area contributed by atoms with Gasteiger partial charge in [-0.2, -0.15) is 5.10 Å². The summed E-state index contributed by atoms with van der Waals surface area (Å²) in [7, 11) is 0. The molecular formula is C23H25N5O4. The van der Waals surface area contributed by atoms with Crippen molar-refractivity contribution >= 4 is 11.6 Å². The Balaban J connectivity index is 1.50. The first-order chi connectivity index (χ1) is 15.5. The molecule has 0 spiro atoms. The van der Waals surface area contributed by atoms with Crippen molar-refractivity contribution in [3.8, 4) is 0 Å². The van der Waals surface area contributed by atoms with Crippen LogP contribution >= 0.6 is 0 Å². The first-order valence-electron chi connectivity index (χ1n) is 10.7. The summed E-state index contributed by atoms with van der Waals surface area (Å²) in [6.07, 6.45) is 1.29. The van der Waals surface area contributed by atoms with Crippen LogP contribution in [-0.2, 0) is 13.1 Å². The highest BCUT2D eigenvalue weighted by Crippen LogP contribution is 2.28. The monoisotopic (exact) mass is 435 g/mol. The largest absolute Gasteiger partial charge is 0.346 e. The van der Waals surface area contributed by atoms with Crippen molar-refractivity contribution < 1.29 is 9.72 Å². The number of aromatic nitrogens is 3. The maximum Gasteiger partial charge on any atom is 0.346 e. The molecule has 0 atom stereocenters. The number of carbonyl (C=O) groups is 1. The number of amides is 1. The predicted octanol–water partition coefficient (Wildman–Crippen LogP) is 3.04. The minimum absolute atomic E-state index is 0.0504. The molecule has 4 rings (SSSR count). The topological polar surface area (TPSA) is 103 Å². The molecule has 9 heteroatoms. The van der Waals surface area contributed by atoms with E-state index in [2.05, 4.69) is 5.10 Å². The van der Waals surface area contributed by atoms with E-state index >= 15 is 0 Å². The van der Waals surface area contributed by atoms with Crippen LogP contribution in [0, 0.1) is 10.1 Å². The van der Waals surface area contributed by atoms with Crippen molar-refractivity contribution in [2.24, 2.45) is 0 Å². The fourth-order valence-electron chi connectivity index (χ4n) is 4.24. The number of carbonyl (C=O) groups excluding carboxylic acids is 1. The van der Waals surface area contributed by atoms with Gasteiger partial charge in [0.1, 0.15) is 11.4 Å². The Bertz CT molecular complexity index is 1180. The molecule has 2 aromatic carbocycles. The minimum Gasteiger partial charge on any atom is -0.338 e. The molecule has 32 heavy (non-hydrogen) atoms. The van der Waals surface area contributed by atoms with Gasteiger partial charge in [-0.3, -0.25) is 19.5 Å². The van der Waals surface area contributed by atoms with Crippen molar-refractivity contribution in [3.63, 3.8) is 0 Å². The zero-order valence-corrected chi connectivity index (χ0v) is 17.9. The van der Waals surface area contributed by atoms with Gasteiger partial charge >= 0.3 is 5.69 Å². The SMILES string of the molecule is CCn1c(C2CCN(C(=O)c3ccccc3[N+](=O)[O-])CC2)nn(Cc2ccccc2)c1=O. The van der Waals surface area contributed by atoms with Crippen molar-refractivity contribution in [1.29, 1.82) is 0 Å². The van der Waals surface area contributed by atoms with Crippen LogP contribution in [0.1, 0.15) is 47.4 Å². The van der Waals surface area contributed by atoms with Crippen LogP contribution in [0.3, 0.4) is 0 Å². The first-order valence-corrected chi connectivity index (χ1v) is 10.7. The molecule has 1 fully saturated rings. The van der Waals surface area contributed by atoms with Crippen molar-refractivity contribution in [2.45, 2.75) is 38.8 Å². The summed E-state index contributed by atoms with van der Waals surface area (Å²) >= 11 is 0. The Hall–Kier alpha value is -3.75. The molecular weight excluding hydrogens is 410 g/mol. The van der Waals surface area contributed by atoms with Gasteiger partial charge in [-0.15, -0.1) is 0 Å². The number of benzene rings is 2. The summed E-state index contributed by atoms with van der Waals surface area (Å²) in [6.45, 7) is 3.78. The zero-order chi connectivity index (χ0) is 22.7. The number of nitrogens with zero attached hydrogens (tertiary/aromatic N) is 5. The van der Waals surface area contributed by atoms with E-state index in [0.29, 0.717) is 39.0 Å². The third-order valence-electron chi connectivity index (χ3n) is 5.92. The third-order valence-corrected chi connectivity index (χ3v) is 5.92. The average molecular weight is 435 g/mol. The average Bonchev–Trinajstić information content (AvgIpc) is 3.14. The van der Waals surface area contributed by atoms with E-state index in [1.54, 1.807) is 21.6 Å². The molecule has 1 aliphatic heterocycles. The van der Waals surface area contributed by atoms with Gasteiger partial charge in [0.15, 0.2) is 0 Å². The second kappa shape index (κ2) is 9.17. The van der Waals surface area contributed by atoms with Crippen molar-refractivity contribution in [1.82, 2.24) is 19.2 Å². The third kappa shape index (κ3) is 4.18. The van der Waals surface area contributed by atoms with Crippen molar-refractivity contribution in [2.75, 3.05) is 13.1 Å². The van der Waals surface area contributed by atoms with Gasteiger partial charge in [0.05, 0.1) is 11.5 Å². The minimum atomic E-state index is -0.528. The molecule has 0 bridgehead atoms. The Morgan fingerprint density at radius 2 is 1.75 bits per heavy atom. The van der Waals surface area contributed by atoms with Crippen LogP contribution in [0.25, 0.3) is 0 Å². The van der Waals surface area contributed by atoms with Gasteiger partial charge < -0.3 is 4.90 Å². The van der Waals surface area contributed by atoms with Crippen molar-refractivity contribution in [3.05, 3.63) is 92.1 Å². The van der Waals surface area contributed by atoms with Crippen LogP contribution in [0.2, 0.25) is 0 Å². The van der Waals surface area contributed by atoms with Crippen LogP contribution < -0.4 is 5.69 Å². The normalized spacial score (nSPS) is 14.5. The summed E-state index contributed by atoms with van der Waals surface area (Å²) in [6, 6.07) is 15.7. The Kier molecular flexibility index (Phi) is 6.16. The first kappa shape index (κ1) is 21.5. The molecule has 166 valence electrons. The van der Waals surface area contributed by atoms with E-state index in [1.807, 2.05) is 37.3 Å². The zero-order valence-electron chi connectivity index (χ0n) is 17.9. The number of nitro groups is 1. The van der Waals surface area contributed by atoms with Gasteiger partial charge in [0, 0.05) is 31.6 Å². The van der Waals surface area contributed by atoms with Gasteiger partial charge in [0.25, 0.3) is 11.6 Å². The Labute approximate surface area is 185 Å². The summed E-state index contributed by atoms with van der Waals surface area (Å²) in [5, 5.41) is 15.9. The molecule has 0 unspecified atom stereocenters. The molecule has 9 nitrogen and oxygen atoms in total. The standard InChI is InChI=1S/C23H25N5O4/c1-2-26-21(24-27(23(26)30)16-17-8-4-3-5-9-17)18-12-14-25(15-13-18)22(29)19-10-6-7-11-20(19)28(31)32/h3-11,18H,2,12-16H2,1H3. The van der Waals surface area contributed by atoms with Crippen LogP contribution in [0.15, 0.2) is 59.4 Å². The molecule has 0 radical (unpaired) electrons. The molecule has 0 saturated carbocycles. The van der Waals surface area contributed by atoms with Crippen LogP contribution in [0.5, 0.6) is 0 Å². The fourth-order valence-corrected chi connectivity index (χ4v) is 4.24. The summed E-state index contributed by atoms with van der Waals surface area (Å²) in [5.41, 5.74) is 0.796. The fraction of sp³-hybridized carbons (Fsp3) is 0.348. The Morgan fingerprint density at radius 3 is 2.41 bits per heavy atom. The second-order valence-electron chi connectivity index (χ2n) is 7.87. The highest BCUT2D eigenvalue weighted by molar-refractivity contribution is 5.98. The summed E-state index contributed by atoms with van der Waals surface area (Å²) in [4.78, 5) is 38.2. The molecule has 1 aliphatic rings. The number of likely N-dealkylation sites (tertiary alicyclic amines) is 1. The number of para-hydroxylation sites is 1. The van der Waals surface area contributed by atoms with E-state index in [-0.39, 0.29) is 28.8 Å². The lowest BCUT2D eigenvalue weighted by Crippen LogP contribution is -2.38. The number of hydrogen-bond donors (Lipinski definition) is 0. The molecule has 0 N–H and O–H groups in total. The molecule has 0 aliphatic carbocycles. The highest BCUT2D eigenvalue weighted by atomic mass is 16.6. The smallest absolute Gasteiger partial charge is 0.338 e. The van der Waals surface area contributed by atoms with E-state index in [1.165, 1.54) is 16.8 Å². The van der Waals surface area contributed by atoms with Crippen LogP contribution in [0.4, 0.5) is 5.69 Å².